The van der Waals surface area contributed by atoms with Crippen LogP contribution in [0.25, 0.3) is 22.2 Å². The molecular formula is C28H32N2O4. The van der Waals surface area contributed by atoms with Crippen LogP contribution in [-0.2, 0) is 0 Å². The van der Waals surface area contributed by atoms with Crippen LogP contribution in [0, 0.1) is 17.8 Å². The third-order valence-electron chi connectivity index (χ3n) is 7.72. The molecule has 2 aliphatic carbocycles. The van der Waals surface area contributed by atoms with Crippen molar-refractivity contribution in [1.82, 2.24) is 10.3 Å². The summed E-state index contributed by atoms with van der Waals surface area (Å²) in [5.74, 6) is 3.73. The van der Waals surface area contributed by atoms with Crippen LogP contribution in [0.4, 0.5) is 0 Å². The van der Waals surface area contributed by atoms with Gasteiger partial charge in [-0.15, -0.1) is 0 Å². The van der Waals surface area contributed by atoms with E-state index in [4.69, 9.17) is 19.2 Å². The summed E-state index contributed by atoms with van der Waals surface area (Å²) in [6.07, 6.45) is 5.22. The van der Waals surface area contributed by atoms with E-state index < -0.39 is 0 Å². The van der Waals surface area contributed by atoms with Gasteiger partial charge in [0, 0.05) is 17.0 Å². The summed E-state index contributed by atoms with van der Waals surface area (Å²) < 4.78 is 16.5. The number of nitrogens with zero attached hydrogens (tertiary/aromatic N) is 1. The zero-order chi connectivity index (χ0) is 23.8. The standard InChI is InChI=1S/C28H32N2O4/c1-16(21-12-17-9-10-18(21)11-17)29-28(31)22-15-24(30-23-8-6-5-7-20(22)23)19-13-25(32-2)27(34-4)26(14-19)33-3/h5-8,13-18,21H,9-12H2,1-4H3,(H,29,31)/t16-,17-,18-,21+/m1/s1. The lowest BCUT2D eigenvalue weighted by molar-refractivity contribution is 0.0917. The lowest BCUT2D eigenvalue weighted by Crippen LogP contribution is -2.40. The normalized spacial score (nSPS) is 21.9. The lowest BCUT2D eigenvalue weighted by Gasteiger charge is -2.28. The number of fused-ring (bicyclic) bond motifs is 3. The molecule has 1 aromatic heterocycles. The molecule has 1 N–H and O–H groups in total. The van der Waals surface area contributed by atoms with Crippen molar-refractivity contribution in [3.8, 4) is 28.5 Å². The first-order valence-corrected chi connectivity index (χ1v) is 12.0. The first kappa shape index (κ1) is 22.5. The van der Waals surface area contributed by atoms with E-state index in [9.17, 15) is 4.79 Å². The van der Waals surface area contributed by atoms with Crippen molar-refractivity contribution < 1.29 is 19.0 Å². The van der Waals surface area contributed by atoms with Crippen LogP contribution < -0.4 is 19.5 Å². The van der Waals surface area contributed by atoms with Gasteiger partial charge in [0.1, 0.15) is 0 Å². The Morgan fingerprint density at radius 2 is 1.74 bits per heavy atom. The molecule has 0 saturated heterocycles. The molecule has 4 atom stereocenters. The average molecular weight is 461 g/mol. The fourth-order valence-electron chi connectivity index (χ4n) is 6.04. The Labute approximate surface area is 200 Å². The van der Waals surface area contributed by atoms with E-state index in [1.165, 1.54) is 25.7 Å². The van der Waals surface area contributed by atoms with Crippen molar-refractivity contribution in [1.29, 1.82) is 0 Å². The van der Waals surface area contributed by atoms with E-state index in [2.05, 4.69) is 12.2 Å². The molecule has 3 aromatic rings. The molecule has 2 aromatic carbocycles. The van der Waals surface area contributed by atoms with E-state index >= 15 is 0 Å². The summed E-state index contributed by atoms with van der Waals surface area (Å²) in [7, 11) is 4.75. The highest BCUT2D eigenvalue weighted by Gasteiger charge is 2.42. The number of rotatable bonds is 7. The van der Waals surface area contributed by atoms with Gasteiger partial charge in [0.2, 0.25) is 5.75 Å². The number of hydrogen-bond acceptors (Lipinski definition) is 5. The van der Waals surface area contributed by atoms with Gasteiger partial charge in [-0.05, 0) is 68.2 Å². The minimum Gasteiger partial charge on any atom is -0.493 e. The fourth-order valence-corrected chi connectivity index (χ4v) is 6.04. The third-order valence-corrected chi connectivity index (χ3v) is 7.72. The van der Waals surface area contributed by atoms with Gasteiger partial charge in [-0.2, -0.15) is 0 Å². The van der Waals surface area contributed by atoms with Crippen LogP contribution in [0.5, 0.6) is 17.2 Å². The van der Waals surface area contributed by atoms with Crippen LogP contribution in [0.2, 0.25) is 0 Å². The number of hydrogen-bond donors (Lipinski definition) is 1. The summed E-state index contributed by atoms with van der Waals surface area (Å²) in [6, 6.07) is 13.5. The number of aromatic nitrogens is 1. The van der Waals surface area contributed by atoms with Gasteiger partial charge < -0.3 is 19.5 Å². The zero-order valence-electron chi connectivity index (χ0n) is 20.3. The van der Waals surface area contributed by atoms with Crippen molar-refractivity contribution in [2.24, 2.45) is 17.8 Å². The second-order valence-electron chi connectivity index (χ2n) is 9.59. The van der Waals surface area contributed by atoms with Crippen LogP contribution in [0.1, 0.15) is 43.0 Å². The maximum atomic E-state index is 13.6. The molecule has 2 fully saturated rings. The molecule has 6 heteroatoms. The second kappa shape index (κ2) is 9.16. The van der Waals surface area contributed by atoms with E-state index in [0.29, 0.717) is 34.4 Å². The van der Waals surface area contributed by atoms with Gasteiger partial charge in [0.25, 0.3) is 5.91 Å². The molecule has 0 radical (unpaired) electrons. The number of ether oxygens (including phenoxy) is 3. The Morgan fingerprint density at radius 1 is 1.00 bits per heavy atom. The van der Waals surface area contributed by atoms with Gasteiger partial charge in [-0.1, -0.05) is 24.6 Å². The highest BCUT2D eigenvalue weighted by molar-refractivity contribution is 6.07. The SMILES string of the molecule is COc1cc(-c2cc(C(=O)N[C@H](C)[C@@H]3C[C@@H]4CC[C@@H]3C4)c3ccccc3n2)cc(OC)c1OC. The minimum atomic E-state index is -0.0532. The number of amides is 1. The smallest absolute Gasteiger partial charge is 0.252 e. The largest absolute Gasteiger partial charge is 0.493 e. The summed E-state index contributed by atoms with van der Waals surface area (Å²) in [5.41, 5.74) is 2.86. The molecule has 2 bridgehead atoms. The quantitative estimate of drug-likeness (QED) is 0.505. The summed E-state index contributed by atoms with van der Waals surface area (Å²) in [6.45, 7) is 2.16. The highest BCUT2D eigenvalue weighted by atomic mass is 16.5. The topological polar surface area (TPSA) is 69.7 Å². The van der Waals surface area contributed by atoms with Crippen LogP contribution >= 0.6 is 0 Å². The van der Waals surface area contributed by atoms with Gasteiger partial charge in [-0.25, -0.2) is 4.98 Å². The maximum Gasteiger partial charge on any atom is 0.252 e. The van der Waals surface area contributed by atoms with E-state index in [0.717, 1.165) is 28.3 Å². The molecule has 178 valence electrons. The summed E-state index contributed by atoms with van der Waals surface area (Å²) >= 11 is 0. The predicted octanol–water partition coefficient (Wildman–Crippen LogP) is 5.48. The molecule has 2 saturated carbocycles. The first-order chi connectivity index (χ1) is 16.5. The fraction of sp³-hybridized carbons (Fsp3) is 0.429. The monoisotopic (exact) mass is 460 g/mol. The Morgan fingerprint density at radius 3 is 2.35 bits per heavy atom. The molecule has 0 spiro atoms. The number of carbonyl (C=O) groups excluding carboxylic acids is 1. The van der Waals surface area contributed by atoms with Crippen molar-refractivity contribution in [2.45, 2.75) is 38.6 Å². The molecule has 34 heavy (non-hydrogen) atoms. The maximum absolute atomic E-state index is 13.6. The Balaban J connectivity index is 1.53. The molecule has 6 nitrogen and oxygen atoms in total. The molecule has 2 aliphatic rings. The molecule has 1 heterocycles. The van der Waals surface area contributed by atoms with Gasteiger partial charge in [-0.3, -0.25) is 4.79 Å². The molecule has 5 rings (SSSR count). The van der Waals surface area contributed by atoms with Crippen LogP contribution in [0.15, 0.2) is 42.5 Å². The van der Waals surface area contributed by atoms with E-state index in [1.54, 1.807) is 21.3 Å². The van der Waals surface area contributed by atoms with E-state index in [-0.39, 0.29) is 11.9 Å². The van der Waals surface area contributed by atoms with Crippen LogP contribution in [-0.4, -0.2) is 38.3 Å². The number of benzene rings is 2. The second-order valence-corrected chi connectivity index (χ2v) is 9.59. The summed E-state index contributed by atoms with van der Waals surface area (Å²) in [5, 5.41) is 4.16. The van der Waals surface area contributed by atoms with Gasteiger partial charge in [0.15, 0.2) is 11.5 Å². The number of para-hydroxylation sites is 1. The van der Waals surface area contributed by atoms with Crippen molar-refractivity contribution in [3.63, 3.8) is 0 Å². The summed E-state index contributed by atoms with van der Waals surface area (Å²) in [4.78, 5) is 18.4. The Kier molecular flexibility index (Phi) is 6.07. The molecule has 0 aliphatic heterocycles. The van der Waals surface area contributed by atoms with E-state index in [1.807, 2.05) is 42.5 Å². The van der Waals surface area contributed by atoms with Gasteiger partial charge in [0.05, 0.1) is 38.1 Å². The van der Waals surface area contributed by atoms with Crippen molar-refractivity contribution in [2.75, 3.05) is 21.3 Å². The highest BCUT2D eigenvalue weighted by Crippen LogP contribution is 2.49. The molecule has 0 unspecified atom stereocenters. The first-order valence-electron chi connectivity index (χ1n) is 12.0. The number of carbonyl (C=O) groups is 1. The van der Waals surface area contributed by atoms with Gasteiger partial charge >= 0.3 is 0 Å². The minimum absolute atomic E-state index is 0.0532. The Bertz CT molecular complexity index is 1200. The molecular weight excluding hydrogens is 428 g/mol. The zero-order valence-corrected chi connectivity index (χ0v) is 20.3. The number of methoxy groups -OCH3 is 3. The number of nitrogens with one attached hydrogen (secondary N) is 1. The van der Waals surface area contributed by atoms with Crippen LogP contribution in [0.3, 0.4) is 0 Å². The third kappa shape index (κ3) is 3.95. The average Bonchev–Trinajstić information content (AvgIpc) is 3.51. The number of pyridine rings is 1. The van der Waals surface area contributed by atoms with Crippen molar-refractivity contribution >= 4 is 16.8 Å². The molecule has 1 amide bonds. The predicted molar refractivity (Wildman–Crippen MR) is 133 cm³/mol. The Hall–Kier alpha value is -3.28. The van der Waals surface area contributed by atoms with Crippen molar-refractivity contribution in [3.05, 3.63) is 48.0 Å². The lowest BCUT2D eigenvalue weighted by atomic mass is 9.84.